The van der Waals surface area contributed by atoms with Gasteiger partial charge in [-0.25, -0.2) is 0 Å². The number of methoxy groups -OCH3 is 1. The van der Waals surface area contributed by atoms with Gasteiger partial charge in [-0.1, -0.05) is 0 Å². The van der Waals surface area contributed by atoms with Gasteiger partial charge < -0.3 is 9.30 Å². The fraction of sp³-hybridized carbons (Fsp3) is 0.333. The van der Waals surface area contributed by atoms with Gasteiger partial charge in [-0.3, -0.25) is 0 Å². The van der Waals surface area contributed by atoms with Gasteiger partial charge in [0, 0.05) is 17.4 Å². The van der Waals surface area contributed by atoms with Crippen molar-refractivity contribution >= 4 is 0 Å². The van der Waals surface area contributed by atoms with E-state index < -0.39 is 0 Å². The first-order chi connectivity index (χ1) is 8.29. The Kier molecular flexibility index (Phi) is 2.43. The van der Waals surface area contributed by atoms with E-state index in [-0.39, 0.29) is 0 Å². The summed E-state index contributed by atoms with van der Waals surface area (Å²) in [5.41, 5.74) is 3.96. The van der Waals surface area contributed by atoms with E-state index in [1.807, 2.05) is 12.1 Å². The van der Waals surface area contributed by atoms with Gasteiger partial charge in [0.15, 0.2) is 0 Å². The van der Waals surface area contributed by atoms with Gasteiger partial charge in [-0.15, -0.1) is 0 Å². The van der Waals surface area contributed by atoms with Crippen molar-refractivity contribution in [1.82, 2.24) is 4.57 Å². The molecule has 0 bridgehead atoms. The second-order valence-corrected chi connectivity index (χ2v) is 4.69. The lowest BCUT2D eigenvalue weighted by molar-refractivity contribution is 0.415. The fourth-order valence-electron chi connectivity index (χ4n) is 2.36. The Bertz CT molecular complexity index is 520. The normalized spacial score (nSPS) is 14.9. The molecule has 0 saturated heterocycles. The molecular weight excluding hydrogens is 210 g/mol. The van der Waals surface area contributed by atoms with Crippen molar-refractivity contribution in [3.8, 4) is 17.0 Å². The zero-order chi connectivity index (χ0) is 11.8. The van der Waals surface area contributed by atoms with Gasteiger partial charge in [0.25, 0.3) is 0 Å². The Morgan fingerprint density at radius 1 is 1.06 bits per heavy atom. The Balaban J connectivity index is 2.02. The van der Waals surface area contributed by atoms with Gasteiger partial charge in [0.2, 0.25) is 0 Å². The SMILES string of the molecule is COc1ccc(-c2ccc(C)n2C2CC2)cc1. The Labute approximate surface area is 102 Å². The predicted octanol–water partition coefficient (Wildman–Crippen LogP) is 3.81. The van der Waals surface area contributed by atoms with E-state index >= 15 is 0 Å². The van der Waals surface area contributed by atoms with Crippen LogP contribution in [-0.2, 0) is 0 Å². The molecule has 17 heavy (non-hydrogen) atoms. The summed E-state index contributed by atoms with van der Waals surface area (Å²) in [4.78, 5) is 0. The maximum absolute atomic E-state index is 5.19. The van der Waals surface area contributed by atoms with Crippen LogP contribution in [0.1, 0.15) is 24.6 Å². The minimum Gasteiger partial charge on any atom is -0.497 e. The number of nitrogens with zero attached hydrogens (tertiary/aromatic N) is 1. The molecule has 1 heterocycles. The van der Waals surface area contributed by atoms with E-state index in [2.05, 4.69) is 35.8 Å². The highest BCUT2D eigenvalue weighted by Crippen LogP contribution is 2.40. The van der Waals surface area contributed by atoms with Crippen LogP contribution in [0.25, 0.3) is 11.3 Å². The lowest BCUT2D eigenvalue weighted by Crippen LogP contribution is -1.98. The highest BCUT2D eigenvalue weighted by molar-refractivity contribution is 5.62. The van der Waals surface area contributed by atoms with E-state index in [0.29, 0.717) is 0 Å². The van der Waals surface area contributed by atoms with Crippen molar-refractivity contribution in [1.29, 1.82) is 0 Å². The predicted molar refractivity (Wildman–Crippen MR) is 69.4 cm³/mol. The molecule has 0 aliphatic heterocycles. The molecule has 0 unspecified atom stereocenters. The Morgan fingerprint density at radius 3 is 2.35 bits per heavy atom. The third-order valence-electron chi connectivity index (χ3n) is 3.42. The van der Waals surface area contributed by atoms with Crippen molar-refractivity contribution in [2.75, 3.05) is 7.11 Å². The molecule has 1 aliphatic carbocycles. The summed E-state index contributed by atoms with van der Waals surface area (Å²) in [6.07, 6.45) is 2.64. The molecule has 1 aromatic heterocycles. The van der Waals surface area contributed by atoms with Crippen molar-refractivity contribution in [2.45, 2.75) is 25.8 Å². The van der Waals surface area contributed by atoms with Crippen LogP contribution >= 0.6 is 0 Å². The molecule has 1 aromatic carbocycles. The minimum absolute atomic E-state index is 0.724. The Morgan fingerprint density at radius 2 is 1.76 bits per heavy atom. The van der Waals surface area contributed by atoms with Gasteiger partial charge >= 0.3 is 0 Å². The molecule has 2 heteroatoms. The second kappa shape index (κ2) is 3.95. The smallest absolute Gasteiger partial charge is 0.118 e. The first kappa shape index (κ1) is 10.5. The van der Waals surface area contributed by atoms with E-state index in [4.69, 9.17) is 4.74 Å². The summed E-state index contributed by atoms with van der Waals surface area (Å²) in [6, 6.07) is 13.5. The van der Waals surface area contributed by atoms with E-state index in [9.17, 15) is 0 Å². The fourth-order valence-corrected chi connectivity index (χ4v) is 2.36. The monoisotopic (exact) mass is 227 g/mol. The van der Waals surface area contributed by atoms with Gasteiger partial charge in [-0.2, -0.15) is 0 Å². The van der Waals surface area contributed by atoms with Gasteiger partial charge in [-0.05, 0) is 61.7 Å². The molecule has 0 radical (unpaired) electrons. The third kappa shape index (κ3) is 1.84. The van der Waals surface area contributed by atoms with Crippen molar-refractivity contribution in [2.24, 2.45) is 0 Å². The van der Waals surface area contributed by atoms with Crippen LogP contribution in [0, 0.1) is 6.92 Å². The summed E-state index contributed by atoms with van der Waals surface area (Å²) >= 11 is 0. The molecule has 0 N–H and O–H groups in total. The molecule has 0 amide bonds. The molecule has 1 fully saturated rings. The average Bonchev–Trinajstić information content (AvgIpc) is 3.13. The Hall–Kier alpha value is -1.70. The third-order valence-corrected chi connectivity index (χ3v) is 3.42. The van der Waals surface area contributed by atoms with E-state index in [0.717, 1.165) is 11.8 Å². The molecule has 1 aliphatic rings. The van der Waals surface area contributed by atoms with Crippen LogP contribution in [0.15, 0.2) is 36.4 Å². The van der Waals surface area contributed by atoms with Gasteiger partial charge in [0.05, 0.1) is 7.11 Å². The molecule has 0 spiro atoms. The van der Waals surface area contributed by atoms with Crippen molar-refractivity contribution < 1.29 is 4.74 Å². The maximum Gasteiger partial charge on any atom is 0.118 e. The molecule has 2 nitrogen and oxygen atoms in total. The first-order valence-corrected chi connectivity index (χ1v) is 6.12. The number of rotatable bonds is 3. The maximum atomic E-state index is 5.19. The summed E-state index contributed by atoms with van der Waals surface area (Å²) in [5.74, 6) is 0.912. The average molecular weight is 227 g/mol. The van der Waals surface area contributed by atoms with Crippen molar-refractivity contribution in [3.05, 3.63) is 42.1 Å². The second-order valence-electron chi connectivity index (χ2n) is 4.69. The topological polar surface area (TPSA) is 14.2 Å². The number of hydrogen-bond donors (Lipinski definition) is 0. The number of hydrogen-bond acceptors (Lipinski definition) is 1. The molecule has 3 rings (SSSR count). The quantitative estimate of drug-likeness (QED) is 0.777. The standard InChI is InChI=1S/C15H17NO/c1-11-3-10-15(16(11)13-6-7-13)12-4-8-14(17-2)9-5-12/h3-5,8-10,13H,6-7H2,1-2H3. The summed E-state index contributed by atoms with van der Waals surface area (Å²) in [6.45, 7) is 2.19. The number of benzene rings is 1. The minimum atomic E-state index is 0.724. The lowest BCUT2D eigenvalue weighted by atomic mass is 10.1. The molecular formula is C15H17NO. The largest absolute Gasteiger partial charge is 0.497 e. The van der Waals surface area contributed by atoms with Crippen LogP contribution in [0.5, 0.6) is 5.75 Å². The number of ether oxygens (including phenoxy) is 1. The first-order valence-electron chi connectivity index (χ1n) is 6.12. The number of aromatic nitrogens is 1. The highest BCUT2D eigenvalue weighted by atomic mass is 16.5. The molecule has 1 saturated carbocycles. The summed E-state index contributed by atoms with van der Waals surface area (Å²) in [7, 11) is 1.70. The number of aryl methyl sites for hydroxylation is 1. The van der Waals surface area contributed by atoms with Crippen LogP contribution in [-0.4, -0.2) is 11.7 Å². The molecule has 0 atom stereocenters. The van der Waals surface area contributed by atoms with Crippen LogP contribution in [0.2, 0.25) is 0 Å². The van der Waals surface area contributed by atoms with E-state index in [1.165, 1.54) is 29.8 Å². The summed E-state index contributed by atoms with van der Waals surface area (Å²) in [5, 5.41) is 0. The lowest BCUT2D eigenvalue weighted by Gasteiger charge is -2.11. The van der Waals surface area contributed by atoms with E-state index in [1.54, 1.807) is 7.11 Å². The van der Waals surface area contributed by atoms with Crippen molar-refractivity contribution in [3.63, 3.8) is 0 Å². The summed E-state index contributed by atoms with van der Waals surface area (Å²) < 4.78 is 7.65. The van der Waals surface area contributed by atoms with Crippen LogP contribution < -0.4 is 4.74 Å². The molecule has 2 aromatic rings. The van der Waals surface area contributed by atoms with Crippen LogP contribution in [0.4, 0.5) is 0 Å². The zero-order valence-electron chi connectivity index (χ0n) is 10.3. The van der Waals surface area contributed by atoms with Crippen LogP contribution in [0.3, 0.4) is 0 Å². The van der Waals surface area contributed by atoms with Gasteiger partial charge in [0.1, 0.15) is 5.75 Å². The molecule has 88 valence electrons. The zero-order valence-corrected chi connectivity index (χ0v) is 10.3. The highest BCUT2D eigenvalue weighted by Gasteiger charge is 2.26.